The quantitative estimate of drug-likeness (QED) is 0.886. The van der Waals surface area contributed by atoms with Crippen LogP contribution in [0.5, 0.6) is 0 Å². The molecular formula is C18H22N2O2S. The van der Waals surface area contributed by atoms with Gasteiger partial charge in [-0.25, -0.2) is 0 Å². The summed E-state index contributed by atoms with van der Waals surface area (Å²) in [6.45, 7) is 4.09. The van der Waals surface area contributed by atoms with Gasteiger partial charge in [-0.15, -0.1) is 11.3 Å². The maximum atomic E-state index is 12.5. The lowest BCUT2D eigenvalue weighted by molar-refractivity contribution is -0.134. The molecule has 2 N–H and O–H groups in total. The van der Waals surface area contributed by atoms with Gasteiger partial charge >= 0.3 is 0 Å². The number of ether oxygens (including phenoxy) is 1. The molecule has 1 aromatic carbocycles. The topological polar surface area (TPSA) is 50.4 Å². The maximum Gasteiger partial charge on any atom is 0.251 e. The zero-order valence-electron chi connectivity index (χ0n) is 13.2. The first-order chi connectivity index (χ1) is 11.3. The number of morpholine rings is 1. The number of thiophene rings is 1. The second-order valence-electron chi connectivity index (χ2n) is 5.62. The molecule has 1 aliphatic heterocycles. The second-order valence-corrected chi connectivity index (χ2v) is 6.59. The van der Waals surface area contributed by atoms with Crippen LogP contribution in [0.1, 0.15) is 29.0 Å². The Morgan fingerprint density at radius 2 is 2.22 bits per heavy atom. The van der Waals surface area contributed by atoms with Crippen molar-refractivity contribution in [3.8, 4) is 0 Å². The van der Waals surface area contributed by atoms with Crippen molar-refractivity contribution in [3.05, 3.63) is 57.8 Å². The van der Waals surface area contributed by atoms with Gasteiger partial charge in [0.15, 0.2) is 0 Å². The molecule has 23 heavy (non-hydrogen) atoms. The molecule has 1 amide bonds. The van der Waals surface area contributed by atoms with Crippen molar-refractivity contribution in [2.75, 3.05) is 19.7 Å². The molecule has 0 saturated carbocycles. The summed E-state index contributed by atoms with van der Waals surface area (Å²) >= 11 is 1.65. The number of benzene rings is 1. The minimum absolute atomic E-state index is 0.0600. The van der Waals surface area contributed by atoms with E-state index in [1.807, 2.05) is 11.4 Å². The van der Waals surface area contributed by atoms with Crippen LogP contribution >= 0.6 is 11.3 Å². The first-order valence-electron chi connectivity index (χ1n) is 8.03. The summed E-state index contributed by atoms with van der Waals surface area (Å²) in [5.74, 6) is -0.0600. The molecule has 0 radical (unpaired) electrons. The Labute approximate surface area is 140 Å². The van der Waals surface area contributed by atoms with Crippen molar-refractivity contribution >= 4 is 17.2 Å². The molecule has 1 aliphatic rings. The molecule has 1 aromatic heterocycles. The third-order valence-electron chi connectivity index (χ3n) is 4.06. The van der Waals surface area contributed by atoms with Crippen LogP contribution in [-0.4, -0.2) is 31.7 Å². The number of rotatable bonds is 5. The molecule has 3 rings (SSSR count). The van der Waals surface area contributed by atoms with E-state index >= 15 is 0 Å². The Hall–Kier alpha value is -1.69. The highest BCUT2D eigenvalue weighted by Crippen LogP contribution is 2.26. The summed E-state index contributed by atoms with van der Waals surface area (Å²) in [5.41, 5.74) is 2.39. The van der Waals surface area contributed by atoms with Crippen molar-refractivity contribution in [3.63, 3.8) is 0 Å². The van der Waals surface area contributed by atoms with Gasteiger partial charge in [0.05, 0.1) is 12.6 Å². The van der Waals surface area contributed by atoms with E-state index in [0.717, 1.165) is 23.4 Å². The fraction of sp³-hybridized carbons (Fsp3) is 0.389. The third kappa shape index (κ3) is 3.99. The lowest BCUT2D eigenvalue weighted by Crippen LogP contribution is -2.48. The second kappa shape index (κ2) is 7.73. The highest BCUT2D eigenvalue weighted by Gasteiger charge is 2.25. The Balaban J connectivity index is 1.79. The lowest BCUT2D eigenvalue weighted by atomic mass is 10.0. The number of aryl methyl sites for hydroxylation is 1. The molecule has 2 atom stereocenters. The Bertz CT molecular complexity index is 619. The zero-order chi connectivity index (χ0) is 16.1. The van der Waals surface area contributed by atoms with Crippen LogP contribution in [0.15, 0.2) is 41.8 Å². The number of amides is 1. The van der Waals surface area contributed by atoms with E-state index in [0.29, 0.717) is 13.2 Å². The molecule has 5 heteroatoms. The Kier molecular flexibility index (Phi) is 5.43. The fourth-order valence-electron chi connectivity index (χ4n) is 2.69. The van der Waals surface area contributed by atoms with Crippen LogP contribution in [0.25, 0.3) is 0 Å². The van der Waals surface area contributed by atoms with E-state index in [-0.39, 0.29) is 11.9 Å². The number of nitrogens with one attached hydrogen (secondary N) is 2. The van der Waals surface area contributed by atoms with Crippen molar-refractivity contribution in [2.24, 2.45) is 0 Å². The van der Waals surface area contributed by atoms with Crippen molar-refractivity contribution in [2.45, 2.75) is 25.5 Å². The number of hydrogen-bond donors (Lipinski definition) is 2. The van der Waals surface area contributed by atoms with Crippen molar-refractivity contribution in [1.82, 2.24) is 10.6 Å². The summed E-state index contributed by atoms with van der Waals surface area (Å²) in [6.07, 6.45) is 0.596. The fourth-order valence-corrected chi connectivity index (χ4v) is 3.49. The Morgan fingerprint density at radius 1 is 1.39 bits per heavy atom. The average Bonchev–Trinajstić information content (AvgIpc) is 3.15. The third-order valence-corrected chi connectivity index (χ3v) is 4.99. The number of carbonyl (C=O) groups excluding carboxylic acids is 1. The van der Waals surface area contributed by atoms with Crippen LogP contribution in [0.4, 0.5) is 0 Å². The van der Waals surface area contributed by atoms with Gasteiger partial charge in [-0.1, -0.05) is 37.3 Å². The largest absolute Gasteiger partial charge is 0.366 e. The molecule has 2 aromatic rings. The minimum atomic E-state index is -0.416. The molecular weight excluding hydrogens is 308 g/mol. The molecule has 4 nitrogen and oxygen atoms in total. The SMILES string of the molecule is CCc1ccc([C@H](NC(=O)[C@@H]2CNCCO2)c2cccs2)cc1. The molecule has 122 valence electrons. The summed E-state index contributed by atoms with van der Waals surface area (Å²) in [4.78, 5) is 13.7. The van der Waals surface area contributed by atoms with E-state index in [4.69, 9.17) is 4.74 Å². The van der Waals surface area contributed by atoms with E-state index in [1.54, 1.807) is 11.3 Å². The minimum Gasteiger partial charge on any atom is -0.366 e. The average molecular weight is 330 g/mol. The van der Waals surface area contributed by atoms with Gasteiger partial charge in [0, 0.05) is 18.0 Å². The zero-order valence-corrected chi connectivity index (χ0v) is 14.1. The van der Waals surface area contributed by atoms with Crippen LogP contribution in [0.2, 0.25) is 0 Å². The molecule has 0 bridgehead atoms. The molecule has 1 fully saturated rings. The van der Waals surface area contributed by atoms with E-state index < -0.39 is 6.10 Å². The van der Waals surface area contributed by atoms with Gasteiger partial charge < -0.3 is 15.4 Å². The van der Waals surface area contributed by atoms with Crippen LogP contribution in [-0.2, 0) is 16.0 Å². The predicted molar refractivity (Wildman–Crippen MR) is 92.7 cm³/mol. The highest BCUT2D eigenvalue weighted by atomic mass is 32.1. The maximum absolute atomic E-state index is 12.5. The van der Waals surface area contributed by atoms with E-state index in [9.17, 15) is 4.79 Å². The highest BCUT2D eigenvalue weighted by molar-refractivity contribution is 7.10. The van der Waals surface area contributed by atoms with Crippen LogP contribution in [0, 0.1) is 0 Å². The van der Waals surface area contributed by atoms with Crippen molar-refractivity contribution in [1.29, 1.82) is 0 Å². The van der Waals surface area contributed by atoms with E-state index in [2.05, 4.69) is 47.9 Å². The van der Waals surface area contributed by atoms with Gasteiger partial charge in [0.1, 0.15) is 6.10 Å². The van der Waals surface area contributed by atoms with Gasteiger partial charge in [-0.3, -0.25) is 4.79 Å². The van der Waals surface area contributed by atoms with Gasteiger partial charge in [-0.05, 0) is 29.0 Å². The van der Waals surface area contributed by atoms with Crippen molar-refractivity contribution < 1.29 is 9.53 Å². The molecule has 1 saturated heterocycles. The predicted octanol–water partition coefficient (Wildman–Crippen LogP) is 2.50. The monoisotopic (exact) mass is 330 g/mol. The van der Waals surface area contributed by atoms with Gasteiger partial charge in [-0.2, -0.15) is 0 Å². The summed E-state index contributed by atoms with van der Waals surface area (Å²) < 4.78 is 5.56. The Morgan fingerprint density at radius 3 is 2.83 bits per heavy atom. The number of carbonyl (C=O) groups is 1. The molecule has 0 unspecified atom stereocenters. The summed E-state index contributed by atoms with van der Waals surface area (Å²) in [6, 6.07) is 12.4. The number of hydrogen-bond acceptors (Lipinski definition) is 4. The van der Waals surface area contributed by atoms with Gasteiger partial charge in [0.2, 0.25) is 0 Å². The summed E-state index contributed by atoms with van der Waals surface area (Å²) in [7, 11) is 0. The normalized spacial score (nSPS) is 19.3. The van der Waals surface area contributed by atoms with Gasteiger partial charge in [0.25, 0.3) is 5.91 Å². The van der Waals surface area contributed by atoms with Crippen LogP contribution in [0.3, 0.4) is 0 Å². The molecule has 0 aliphatic carbocycles. The molecule has 0 spiro atoms. The van der Waals surface area contributed by atoms with E-state index in [1.165, 1.54) is 5.56 Å². The first kappa shape index (κ1) is 16.2. The first-order valence-corrected chi connectivity index (χ1v) is 8.91. The van der Waals surface area contributed by atoms with Crippen LogP contribution < -0.4 is 10.6 Å². The lowest BCUT2D eigenvalue weighted by Gasteiger charge is -2.26. The smallest absolute Gasteiger partial charge is 0.251 e. The standard InChI is InChI=1S/C18H22N2O2S/c1-2-13-5-7-14(8-6-13)17(16-4-3-11-23-16)20-18(21)15-12-19-9-10-22-15/h3-8,11,15,17,19H,2,9-10,12H2,1H3,(H,20,21)/t15-,17-/m0/s1. The molecule has 2 heterocycles. The summed E-state index contributed by atoms with van der Waals surface area (Å²) in [5, 5.41) is 8.38.